The van der Waals surface area contributed by atoms with Crippen LogP contribution in [0.3, 0.4) is 0 Å². The van der Waals surface area contributed by atoms with Gasteiger partial charge in [0.2, 0.25) is 0 Å². The van der Waals surface area contributed by atoms with Gasteiger partial charge in [-0.15, -0.1) is 0 Å². The van der Waals surface area contributed by atoms with Crippen LogP contribution in [0.4, 0.5) is 0 Å². The normalized spacial score (nSPS) is 18.3. The first-order valence-corrected chi connectivity index (χ1v) is 6.25. The SMILES string of the molecule is CNC1(C)CCN(C(=O)c2cc(=O)[nH]c(=O)[nH]2)CC1. The highest BCUT2D eigenvalue weighted by Crippen LogP contribution is 2.21. The van der Waals surface area contributed by atoms with Gasteiger partial charge in [0.25, 0.3) is 11.5 Å². The van der Waals surface area contributed by atoms with Gasteiger partial charge in [-0.25, -0.2) is 4.79 Å². The number of amides is 1. The van der Waals surface area contributed by atoms with Crippen LogP contribution < -0.4 is 16.6 Å². The average Bonchev–Trinajstić information content (AvgIpc) is 2.38. The summed E-state index contributed by atoms with van der Waals surface area (Å²) in [5.41, 5.74) is -1.14. The van der Waals surface area contributed by atoms with E-state index in [0.29, 0.717) is 13.1 Å². The molecule has 0 bridgehead atoms. The number of rotatable bonds is 2. The van der Waals surface area contributed by atoms with Crippen molar-refractivity contribution in [2.75, 3.05) is 20.1 Å². The van der Waals surface area contributed by atoms with Gasteiger partial charge in [0, 0.05) is 24.7 Å². The number of nitrogens with zero attached hydrogens (tertiary/aromatic N) is 1. The quantitative estimate of drug-likeness (QED) is 0.658. The fourth-order valence-corrected chi connectivity index (χ4v) is 2.21. The van der Waals surface area contributed by atoms with E-state index in [9.17, 15) is 14.4 Å². The molecule has 7 heteroatoms. The summed E-state index contributed by atoms with van der Waals surface area (Å²) in [7, 11) is 1.91. The minimum absolute atomic E-state index is 0.0400. The topological polar surface area (TPSA) is 98.1 Å². The second kappa shape index (κ2) is 5.00. The van der Waals surface area contributed by atoms with Crippen LogP contribution in [0.15, 0.2) is 15.7 Å². The molecular formula is C12H18N4O3. The lowest BCUT2D eigenvalue weighted by atomic mass is 9.90. The molecule has 1 saturated heterocycles. The van der Waals surface area contributed by atoms with Crippen LogP contribution in [0, 0.1) is 0 Å². The van der Waals surface area contributed by atoms with Crippen LogP contribution in [-0.4, -0.2) is 46.5 Å². The third-order valence-electron chi connectivity index (χ3n) is 3.75. The Morgan fingerprint density at radius 2 is 1.95 bits per heavy atom. The van der Waals surface area contributed by atoms with Gasteiger partial charge in [0.1, 0.15) is 5.69 Å². The molecular weight excluding hydrogens is 248 g/mol. The van der Waals surface area contributed by atoms with Gasteiger partial charge in [0.05, 0.1) is 0 Å². The first-order chi connectivity index (χ1) is 8.93. The molecule has 2 heterocycles. The fraction of sp³-hybridized carbons (Fsp3) is 0.583. The Balaban J connectivity index is 2.13. The predicted molar refractivity (Wildman–Crippen MR) is 70.3 cm³/mol. The zero-order valence-electron chi connectivity index (χ0n) is 11.1. The molecule has 1 aliphatic rings. The van der Waals surface area contributed by atoms with E-state index in [1.54, 1.807) is 4.90 Å². The lowest BCUT2D eigenvalue weighted by molar-refractivity contribution is 0.0655. The van der Waals surface area contributed by atoms with Crippen LogP contribution >= 0.6 is 0 Å². The van der Waals surface area contributed by atoms with E-state index in [0.717, 1.165) is 18.9 Å². The van der Waals surface area contributed by atoms with Gasteiger partial charge in [-0.1, -0.05) is 0 Å². The summed E-state index contributed by atoms with van der Waals surface area (Å²) in [5, 5.41) is 3.25. The fourth-order valence-electron chi connectivity index (χ4n) is 2.21. The monoisotopic (exact) mass is 266 g/mol. The lowest BCUT2D eigenvalue weighted by Crippen LogP contribution is -2.51. The molecule has 1 amide bonds. The largest absolute Gasteiger partial charge is 0.337 e. The Kier molecular flexibility index (Phi) is 3.57. The minimum atomic E-state index is -0.659. The Morgan fingerprint density at radius 1 is 1.32 bits per heavy atom. The maximum atomic E-state index is 12.2. The Bertz CT molecular complexity index is 553. The molecule has 0 saturated carbocycles. The molecule has 19 heavy (non-hydrogen) atoms. The van der Waals surface area contributed by atoms with Gasteiger partial charge in [-0.3, -0.25) is 14.6 Å². The predicted octanol–water partition coefficient (Wildman–Crippen LogP) is -0.723. The number of piperidine rings is 1. The number of nitrogens with one attached hydrogen (secondary N) is 3. The maximum Gasteiger partial charge on any atom is 0.326 e. The maximum absolute atomic E-state index is 12.2. The standard InChI is InChI=1S/C12H18N4O3/c1-12(13-2)3-5-16(6-4-12)10(18)8-7-9(17)15-11(19)14-8/h7,13H,3-6H2,1-2H3,(H2,14,15,17,19). The summed E-state index contributed by atoms with van der Waals surface area (Å²) in [6.07, 6.45) is 1.67. The number of carbonyl (C=O) groups excluding carboxylic acids is 1. The van der Waals surface area contributed by atoms with Crippen LogP contribution in [0.1, 0.15) is 30.3 Å². The smallest absolute Gasteiger partial charge is 0.326 e. The van der Waals surface area contributed by atoms with Gasteiger partial charge in [-0.05, 0) is 26.8 Å². The molecule has 0 atom stereocenters. The van der Waals surface area contributed by atoms with E-state index >= 15 is 0 Å². The van der Waals surface area contributed by atoms with E-state index in [1.807, 2.05) is 12.0 Å². The second-order valence-corrected chi connectivity index (χ2v) is 5.10. The van der Waals surface area contributed by atoms with Crippen molar-refractivity contribution >= 4 is 5.91 Å². The molecule has 1 aromatic heterocycles. The number of likely N-dealkylation sites (tertiary alicyclic amines) is 1. The summed E-state index contributed by atoms with van der Waals surface area (Å²) in [6.45, 7) is 3.32. The Morgan fingerprint density at radius 3 is 2.47 bits per heavy atom. The van der Waals surface area contributed by atoms with Crippen molar-refractivity contribution in [3.05, 3.63) is 32.6 Å². The summed E-state index contributed by atoms with van der Waals surface area (Å²) in [6, 6.07) is 1.12. The molecule has 0 unspecified atom stereocenters. The number of H-pyrrole nitrogens is 2. The van der Waals surface area contributed by atoms with Crippen molar-refractivity contribution in [2.45, 2.75) is 25.3 Å². The van der Waals surface area contributed by atoms with E-state index in [1.165, 1.54) is 0 Å². The highest BCUT2D eigenvalue weighted by Gasteiger charge is 2.30. The van der Waals surface area contributed by atoms with Gasteiger partial charge >= 0.3 is 5.69 Å². The number of aromatic nitrogens is 2. The first kappa shape index (κ1) is 13.5. The van der Waals surface area contributed by atoms with Gasteiger partial charge < -0.3 is 15.2 Å². The lowest BCUT2D eigenvalue weighted by Gasteiger charge is -2.39. The van der Waals surface area contributed by atoms with E-state index in [-0.39, 0.29) is 17.1 Å². The molecule has 7 nitrogen and oxygen atoms in total. The van der Waals surface area contributed by atoms with Gasteiger partial charge in [-0.2, -0.15) is 0 Å². The highest BCUT2D eigenvalue weighted by atomic mass is 16.2. The zero-order chi connectivity index (χ0) is 14.0. The molecule has 1 aliphatic heterocycles. The van der Waals surface area contributed by atoms with Crippen molar-refractivity contribution in [1.82, 2.24) is 20.2 Å². The van der Waals surface area contributed by atoms with E-state index in [4.69, 9.17) is 0 Å². The molecule has 0 spiro atoms. The van der Waals surface area contributed by atoms with Crippen molar-refractivity contribution in [2.24, 2.45) is 0 Å². The number of hydrogen-bond donors (Lipinski definition) is 3. The first-order valence-electron chi connectivity index (χ1n) is 6.25. The summed E-state index contributed by atoms with van der Waals surface area (Å²) < 4.78 is 0. The highest BCUT2D eigenvalue weighted by molar-refractivity contribution is 5.92. The average molecular weight is 266 g/mol. The number of aromatic amines is 2. The Hall–Kier alpha value is -1.89. The van der Waals surface area contributed by atoms with Crippen molar-refractivity contribution in [3.63, 3.8) is 0 Å². The molecule has 0 aromatic carbocycles. The van der Waals surface area contributed by atoms with E-state index in [2.05, 4.69) is 17.2 Å². The summed E-state index contributed by atoms with van der Waals surface area (Å²) in [5.74, 6) is -0.304. The molecule has 2 rings (SSSR count). The summed E-state index contributed by atoms with van der Waals surface area (Å²) >= 11 is 0. The third-order valence-corrected chi connectivity index (χ3v) is 3.75. The third kappa shape index (κ3) is 2.93. The molecule has 0 radical (unpaired) electrons. The Labute approximate surface area is 110 Å². The molecule has 1 aromatic rings. The van der Waals surface area contributed by atoms with Crippen LogP contribution in [0.5, 0.6) is 0 Å². The second-order valence-electron chi connectivity index (χ2n) is 5.10. The van der Waals surface area contributed by atoms with Crippen LogP contribution in [-0.2, 0) is 0 Å². The van der Waals surface area contributed by atoms with E-state index < -0.39 is 11.2 Å². The van der Waals surface area contributed by atoms with Crippen LogP contribution in [0.2, 0.25) is 0 Å². The van der Waals surface area contributed by atoms with Crippen LogP contribution in [0.25, 0.3) is 0 Å². The summed E-state index contributed by atoms with van der Waals surface area (Å²) in [4.78, 5) is 40.6. The minimum Gasteiger partial charge on any atom is -0.337 e. The number of carbonyl (C=O) groups is 1. The van der Waals surface area contributed by atoms with Gasteiger partial charge in [0.15, 0.2) is 0 Å². The molecule has 1 fully saturated rings. The van der Waals surface area contributed by atoms with Crippen molar-refractivity contribution < 1.29 is 4.79 Å². The molecule has 0 aliphatic carbocycles. The molecule has 104 valence electrons. The molecule has 3 N–H and O–H groups in total. The van der Waals surface area contributed by atoms with Crippen molar-refractivity contribution in [1.29, 1.82) is 0 Å². The van der Waals surface area contributed by atoms with Crippen molar-refractivity contribution in [3.8, 4) is 0 Å². The number of hydrogen-bond acceptors (Lipinski definition) is 4. The zero-order valence-corrected chi connectivity index (χ0v) is 11.1.